The van der Waals surface area contributed by atoms with Crippen molar-refractivity contribution in [1.82, 2.24) is 9.78 Å². The predicted molar refractivity (Wildman–Crippen MR) is 79.7 cm³/mol. The first-order valence-electron chi connectivity index (χ1n) is 7.19. The van der Waals surface area contributed by atoms with Gasteiger partial charge in [-0.05, 0) is 31.7 Å². The molecule has 1 fully saturated rings. The molecule has 0 saturated heterocycles. The Morgan fingerprint density at radius 3 is 2.90 bits per heavy atom. The zero-order chi connectivity index (χ0) is 14.0. The summed E-state index contributed by atoms with van der Waals surface area (Å²) in [5.74, 6) is 0. The Labute approximate surface area is 119 Å². The minimum atomic E-state index is -0.610. The number of rotatable bonds is 4. The number of hydrogen-bond acceptors (Lipinski definition) is 3. The Morgan fingerprint density at radius 2 is 2.20 bits per heavy atom. The summed E-state index contributed by atoms with van der Waals surface area (Å²) >= 11 is 0. The number of nitrogens with zero attached hydrogens (tertiary/aromatic N) is 2. The Balaban J connectivity index is 1.65. The van der Waals surface area contributed by atoms with E-state index in [1.165, 1.54) is 5.56 Å². The van der Waals surface area contributed by atoms with Gasteiger partial charge in [0.15, 0.2) is 0 Å². The second-order valence-corrected chi connectivity index (χ2v) is 5.86. The number of anilines is 1. The van der Waals surface area contributed by atoms with Gasteiger partial charge in [-0.3, -0.25) is 4.68 Å². The zero-order valence-corrected chi connectivity index (χ0v) is 11.8. The summed E-state index contributed by atoms with van der Waals surface area (Å²) in [6.07, 6.45) is 6.78. The maximum atomic E-state index is 10.3. The van der Waals surface area contributed by atoms with Crippen LogP contribution in [0.4, 0.5) is 5.69 Å². The van der Waals surface area contributed by atoms with Crippen LogP contribution in [0.3, 0.4) is 0 Å². The smallest absolute Gasteiger partial charge is 0.0819 e. The van der Waals surface area contributed by atoms with Gasteiger partial charge in [-0.2, -0.15) is 5.10 Å². The van der Waals surface area contributed by atoms with Crippen LogP contribution in [0, 0.1) is 0 Å². The van der Waals surface area contributed by atoms with E-state index >= 15 is 0 Å². The van der Waals surface area contributed by atoms with Gasteiger partial charge in [0, 0.05) is 6.20 Å². The van der Waals surface area contributed by atoms with Crippen molar-refractivity contribution >= 4 is 5.69 Å². The van der Waals surface area contributed by atoms with Crippen LogP contribution >= 0.6 is 0 Å². The molecule has 20 heavy (non-hydrogen) atoms. The van der Waals surface area contributed by atoms with E-state index in [0.29, 0.717) is 0 Å². The number of benzene rings is 1. The second-order valence-electron chi connectivity index (χ2n) is 5.86. The average molecular weight is 271 g/mol. The van der Waals surface area contributed by atoms with Gasteiger partial charge in [0.2, 0.25) is 0 Å². The van der Waals surface area contributed by atoms with Crippen molar-refractivity contribution in [2.75, 3.05) is 5.32 Å². The summed E-state index contributed by atoms with van der Waals surface area (Å²) in [4.78, 5) is 0. The van der Waals surface area contributed by atoms with E-state index in [2.05, 4.69) is 22.5 Å². The summed E-state index contributed by atoms with van der Waals surface area (Å²) in [7, 11) is 0. The SMILES string of the molecule is CC1(O)CCCC1Nc1cnn(Cc2ccccc2)c1. The van der Waals surface area contributed by atoms with E-state index in [-0.39, 0.29) is 6.04 Å². The third-order valence-corrected chi connectivity index (χ3v) is 4.09. The monoisotopic (exact) mass is 271 g/mol. The molecule has 1 aromatic heterocycles. The highest BCUT2D eigenvalue weighted by molar-refractivity contribution is 5.40. The maximum Gasteiger partial charge on any atom is 0.0819 e. The molecule has 0 radical (unpaired) electrons. The van der Waals surface area contributed by atoms with E-state index in [1.807, 2.05) is 42.2 Å². The van der Waals surface area contributed by atoms with Crippen molar-refractivity contribution in [2.45, 2.75) is 44.4 Å². The molecule has 1 aliphatic rings. The first kappa shape index (κ1) is 13.2. The van der Waals surface area contributed by atoms with E-state index in [4.69, 9.17) is 0 Å². The summed E-state index contributed by atoms with van der Waals surface area (Å²) in [6, 6.07) is 10.4. The van der Waals surface area contributed by atoms with Crippen LogP contribution in [0.25, 0.3) is 0 Å². The van der Waals surface area contributed by atoms with Gasteiger partial charge >= 0.3 is 0 Å². The van der Waals surface area contributed by atoms with E-state index in [1.54, 1.807) is 0 Å². The van der Waals surface area contributed by atoms with Crippen molar-refractivity contribution in [3.8, 4) is 0 Å². The Bertz CT molecular complexity index is 562. The molecular formula is C16H21N3O. The molecule has 4 heteroatoms. The molecule has 0 bridgehead atoms. The lowest BCUT2D eigenvalue weighted by Crippen LogP contribution is -2.39. The summed E-state index contributed by atoms with van der Waals surface area (Å²) in [5, 5.41) is 18.0. The second kappa shape index (κ2) is 5.29. The quantitative estimate of drug-likeness (QED) is 0.899. The third-order valence-electron chi connectivity index (χ3n) is 4.09. The molecule has 2 N–H and O–H groups in total. The van der Waals surface area contributed by atoms with Crippen molar-refractivity contribution in [3.63, 3.8) is 0 Å². The van der Waals surface area contributed by atoms with Crippen LogP contribution in [0.2, 0.25) is 0 Å². The van der Waals surface area contributed by atoms with Gasteiger partial charge in [0.05, 0.1) is 30.1 Å². The zero-order valence-electron chi connectivity index (χ0n) is 11.8. The van der Waals surface area contributed by atoms with Gasteiger partial charge in [0.1, 0.15) is 0 Å². The number of aromatic nitrogens is 2. The van der Waals surface area contributed by atoms with Gasteiger partial charge < -0.3 is 10.4 Å². The molecule has 4 nitrogen and oxygen atoms in total. The highest BCUT2D eigenvalue weighted by Crippen LogP contribution is 2.31. The average Bonchev–Trinajstić information content (AvgIpc) is 2.99. The van der Waals surface area contributed by atoms with E-state index in [0.717, 1.165) is 31.5 Å². The van der Waals surface area contributed by atoms with Crippen molar-refractivity contribution in [2.24, 2.45) is 0 Å². The fourth-order valence-corrected chi connectivity index (χ4v) is 2.87. The molecule has 2 unspecified atom stereocenters. The van der Waals surface area contributed by atoms with Crippen LogP contribution < -0.4 is 5.32 Å². The number of hydrogen-bond donors (Lipinski definition) is 2. The van der Waals surface area contributed by atoms with Crippen LogP contribution in [0.1, 0.15) is 31.7 Å². The summed E-state index contributed by atoms with van der Waals surface area (Å²) in [5.41, 5.74) is 1.60. The maximum absolute atomic E-state index is 10.3. The highest BCUT2D eigenvalue weighted by Gasteiger charge is 2.36. The first-order chi connectivity index (χ1) is 9.63. The third kappa shape index (κ3) is 2.85. The largest absolute Gasteiger partial charge is 0.388 e. The molecule has 106 valence electrons. The standard InChI is InChI=1S/C16H21N3O/c1-16(20)9-5-8-15(16)18-14-10-17-19(12-14)11-13-6-3-2-4-7-13/h2-4,6-7,10,12,15,18,20H,5,8-9,11H2,1H3. The van der Waals surface area contributed by atoms with E-state index < -0.39 is 5.60 Å². The molecule has 0 aliphatic heterocycles. The van der Waals surface area contributed by atoms with Crippen molar-refractivity contribution < 1.29 is 5.11 Å². The molecule has 3 rings (SSSR count). The molecule has 2 aromatic rings. The Hall–Kier alpha value is -1.81. The minimum absolute atomic E-state index is 0.122. The van der Waals surface area contributed by atoms with Crippen LogP contribution in [-0.4, -0.2) is 26.5 Å². The summed E-state index contributed by atoms with van der Waals surface area (Å²) < 4.78 is 1.92. The van der Waals surface area contributed by atoms with Gasteiger partial charge in [-0.1, -0.05) is 30.3 Å². The van der Waals surface area contributed by atoms with E-state index in [9.17, 15) is 5.11 Å². The van der Waals surface area contributed by atoms with Crippen LogP contribution in [0.5, 0.6) is 0 Å². The van der Waals surface area contributed by atoms with Crippen LogP contribution in [-0.2, 0) is 6.54 Å². The molecule has 1 saturated carbocycles. The van der Waals surface area contributed by atoms with Gasteiger partial charge in [0.25, 0.3) is 0 Å². The molecule has 1 aliphatic carbocycles. The lowest BCUT2D eigenvalue weighted by atomic mass is 10.0. The first-order valence-corrected chi connectivity index (χ1v) is 7.19. The predicted octanol–water partition coefficient (Wildman–Crippen LogP) is 2.65. The molecule has 1 heterocycles. The molecular weight excluding hydrogens is 250 g/mol. The normalized spacial score (nSPS) is 25.8. The van der Waals surface area contributed by atoms with Gasteiger partial charge in [-0.15, -0.1) is 0 Å². The topological polar surface area (TPSA) is 50.1 Å². The number of aliphatic hydroxyl groups is 1. The Morgan fingerprint density at radius 1 is 1.40 bits per heavy atom. The molecule has 0 spiro atoms. The molecule has 2 atom stereocenters. The lowest BCUT2D eigenvalue weighted by Gasteiger charge is -2.26. The van der Waals surface area contributed by atoms with Gasteiger partial charge in [-0.25, -0.2) is 0 Å². The fourth-order valence-electron chi connectivity index (χ4n) is 2.87. The highest BCUT2D eigenvalue weighted by atomic mass is 16.3. The lowest BCUT2D eigenvalue weighted by molar-refractivity contribution is 0.0578. The fraction of sp³-hybridized carbons (Fsp3) is 0.438. The van der Waals surface area contributed by atoms with Crippen molar-refractivity contribution in [3.05, 3.63) is 48.3 Å². The summed E-state index contributed by atoms with van der Waals surface area (Å²) in [6.45, 7) is 2.68. The van der Waals surface area contributed by atoms with Crippen LogP contribution in [0.15, 0.2) is 42.7 Å². The Kier molecular flexibility index (Phi) is 3.49. The molecule has 1 aromatic carbocycles. The van der Waals surface area contributed by atoms with Crippen molar-refractivity contribution in [1.29, 1.82) is 0 Å². The minimum Gasteiger partial charge on any atom is -0.388 e. The number of nitrogens with one attached hydrogen (secondary N) is 1. The molecule has 0 amide bonds.